The van der Waals surface area contributed by atoms with E-state index in [-0.39, 0.29) is 11.9 Å². The van der Waals surface area contributed by atoms with Crippen LogP contribution in [0.25, 0.3) is 0 Å². The summed E-state index contributed by atoms with van der Waals surface area (Å²) in [6, 6.07) is 9.18. The van der Waals surface area contributed by atoms with Gasteiger partial charge in [-0.15, -0.1) is 11.3 Å². The minimum Gasteiger partial charge on any atom is -0.493 e. The summed E-state index contributed by atoms with van der Waals surface area (Å²) >= 11 is 1.42. The summed E-state index contributed by atoms with van der Waals surface area (Å²) < 4.78 is 15.9. The minimum absolute atomic E-state index is 0.0770. The van der Waals surface area contributed by atoms with Crippen molar-refractivity contribution in [3.8, 4) is 11.5 Å². The highest BCUT2D eigenvalue weighted by molar-refractivity contribution is 7.12. The van der Waals surface area contributed by atoms with Crippen LogP contribution in [0.4, 0.5) is 0 Å². The SMILES string of the molecule is COCCOc1ccc([C@@H](C)NC(=O)c2cccs2)cc1OC. The Morgan fingerprint density at radius 1 is 1.22 bits per heavy atom. The molecule has 1 aromatic carbocycles. The van der Waals surface area contributed by atoms with Crippen molar-refractivity contribution in [2.75, 3.05) is 27.4 Å². The molecule has 0 unspecified atom stereocenters. The van der Waals surface area contributed by atoms with Crippen LogP contribution in [-0.4, -0.2) is 33.3 Å². The van der Waals surface area contributed by atoms with Crippen LogP contribution in [0.3, 0.4) is 0 Å². The third-order valence-electron chi connectivity index (χ3n) is 3.33. The number of carbonyl (C=O) groups excluding carboxylic acids is 1. The fourth-order valence-corrected chi connectivity index (χ4v) is 2.69. The minimum atomic E-state index is -0.133. The van der Waals surface area contributed by atoms with Crippen LogP contribution in [0.2, 0.25) is 0 Å². The van der Waals surface area contributed by atoms with E-state index in [1.807, 2.05) is 36.6 Å². The van der Waals surface area contributed by atoms with E-state index in [1.165, 1.54) is 11.3 Å². The normalized spacial score (nSPS) is 11.8. The molecule has 0 aliphatic rings. The summed E-state index contributed by atoms with van der Waals surface area (Å²) in [5, 5.41) is 4.86. The van der Waals surface area contributed by atoms with E-state index in [0.717, 1.165) is 5.56 Å². The van der Waals surface area contributed by atoms with Gasteiger partial charge in [0.2, 0.25) is 0 Å². The zero-order valence-corrected chi connectivity index (χ0v) is 14.3. The zero-order valence-electron chi connectivity index (χ0n) is 13.5. The van der Waals surface area contributed by atoms with Gasteiger partial charge in [0, 0.05) is 7.11 Å². The molecule has 1 aromatic heterocycles. The number of methoxy groups -OCH3 is 2. The van der Waals surface area contributed by atoms with E-state index < -0.39 is 0 Å². The van der Waals surface area contributed by atoms with Gasteiger partial charge < -0.3 is 19.5 Å². The molecule has 0 fully saturated rings. The first-order chi connectivity index (χ1) is 11.2. The van der Waals surface area contributed by atoms with Crippen molar-refractivity contribution in [1.29, 1.82) is 0 Å². The summed E-state index contributed by atoms with van der Waals surface area (Å²) in [5.41, 5.74) is 0.950. The second-order valence-corrected chi connectivity index (χ2v) is 5.87. The Hall–Kier alpha value is -2.05. The predicted octanol–water partition coefficient (Wildman–Crippen LogP) is 3.27. The number of carbonyl (C=O) groups is 1. The molecule has 2 aromatic rings. The van der Waals surface area contributed by atoms with Gasteiger partial charge in [-0.2, -0.15) is 0 Å². The van der Waals surface area contributed by atoms with Crippen LogP contribution in [0.5, 0.6) is 11.5 Å². The fraction of sp³-hybridized carbons (Fsp3) is 0.353. The number of rotatable bonds is 8. The molecule has 0 bridgehead atoms. The summed E-state index contributed by atoms with van der Waals surface area (Å²) in [6.45, 7) is 2.90. The maximum absolute atomic E-state index is 12.1. The highest BCUT2D eigenvalue weighted by Gasteiger charge is 2.14. The molecule has 1 heterocycles. The van der Waals surface area contributed by atoms with Crippen molar-refractivity contribution in [2.45, 2.75) is 13.0 Å². The number of benzene rings is 1. The van der Waals surface area contributed by atoms with E-state index in [0.29, 0.717) is 29.6 Å². The highest BCUT2D eigenvalue weighted by Crippen LogP contribution is 2.30. The van der Waals surface area contributed by atoms with E-state index in [2.05, 4.69) is 5.32 Å². The van der Waals surface area contributed by atoms with Crippen LogP contribution in [0.15, 0.2) is 35.7 Å². The standard InChI is InChI=1S/C17H21NO4S/c1-12(18-17(19)16-5-4-10-23-16)13-6-7-14(15(11-13)21-3)22-9-8-20-2/h4-7,10-12H,8-9H2,1-3H3,(H,18,19)/t12-/m1/s1. The van der Waals surface area contributed by atoms with Crippen molar-refractivity contribution in [1.82, 2.24) is 5.32 Å². The first kappa shape index (κ1) is 17.3. The Kier molecular flexibility index (Phi) is 6.43. The van der Waals surface area contributed by atoms with Gasteiger partial charge in [0.05, 0.1) is 24.6 Å². The quantitative estimate of drug-likeness (QED) is 0.752. The Balaban J connectivity index is 2.05. The average molecular weight is 335 g/mol. The second-order valence-electron chi connectivity index (χ2n) is 4.92. The van der Waals surface area contributed by atoms with Crippen LogP contribution >= 0.6 is 11.3 Å². The lowest BCUT2D eigenvalue weighted by atomic mass is 10.1. The number of amides is 1. The van der Waals surface area contributed by atoms with Gasteiger partial charge in [0.15, 0.2) is 11.5 Å². The van der Waals surface area contributed by atoms with Crippen LogP contribution < -0.4 is 14.8 Å². The maximum atomic E-state index is 12.1. The summed E-state index contributed by atoms with van der Waals surface area (Å²) in [5.74, 6) is 1.22. The van der Waals surface area contributed by atoms with Crippen molar-refractivity contribution < 1.29 is 19.0 Å². The van der Waals surface area contributed by atoms with E-state index in [9.17, 15) is 4.79 Å². The first-order valence-corrected chi connectivity index (χ1v) is 8.17. The van der Waals surface area contributed by atoms with E-state index in [4.69, 9.17) is 14.2 Å². The lowest BCUT2D eigenvalue weighted by Crippen LogP contribution is -2.25. The van der Waals surface area contributed by atoms with Crippen molar-refractivity contribution >= 4 is 17.2 Å². The molecule has 0 aliphatic heterocycles. The van der Waals surface area contributed by atoms with Gasteiger partial charge >= 0.3 is 0 Å². The van der Waals surface area contributed by atoms with Gasteiger partial charge in [-0.25, -0.2) is 0 Å². The first-order valence-electron chi connectivity index (χ1n) is 7.29. The maximum Gasteiger partial charge on any atom is 0.261 e. The molecule has 2 rings (SSSR count). The van der Waals surface area contributed by atoms with E-state index in [1.54, 1.807) is 20.3 Å². The third-order valence-corrected chi connectivity index (χ3v) is 4.19. The Morgan fingerprint density at radius 3 is 2.70 bits per heavy atom. The highest BCUT2D eigenvalue weighted by atomic mass is 32.1. The second kappa shape index (κ2) is 8.55. The van der Waals surface area contributed by atoms with Gasteiger partial charge in [0.25, 0.3) is 5.91 Å². The molecule has 6 heteroatoms. The molecule has 0 saturated heterocycles. The average Bonchev–Trinajstić information content (AvgIpc) is 3.09. The zero-order chi connectivity index (χ0) is 16.7. The topological polar surface area (TPSA) is 56.8 Å². The molecule has 1 amide bonds. The fourth-order valence-electron chi connectivity index (χ4n) is 2.07. The van der Waals surface area contributed by atoms with Gasteiger partial charge in [0.1, 0.15) is 6.61 Å². The lowest BCUT2D eigenvalue weighted by molar-refractivity contribution is 0.0944. The number of nitrogens with one attached hydrogen (secondary N) is 1. The predicted molar refractivity (Wildman–Crippen MR) is 90.6 cm³/mol. The van der Waals surface area contributed by atoms with Gasteiger partial charge in [-0.3, -0.25) is 4.79 Å². The molecule has 5 nitrogen and oxygen atoms in total. The molecule has 1 N–H and O–H groups in total. The molecule has 1 atom stereocenters. The number of hydrogen-bond acceptors (Lipinski definition) is 5. The Labute approximate surface area is 140 Å². The molecular formula is C17H21NO4S. The molecule has 0 radical (unpaired) electrons. The molecular weight excluding hydrogens is 314 g/mol. The molecule has 0 saturated carbocycles. The van der Waals surface area contributed by atoms with Crippen molar-refractivity contribution in [3.63, 3.8) is 0 Å². The Bertz CT molecular complexity index is 628. The molecule has 0 spiro atoms. The molecule has 0 aliphatic carbocycles. The van der Waals surface area contributed by atoms with Crippen molar-refractivity contribution in [3.05, 3.63) is 46.2 Å². The third kappa shape index (κ3) is 4.71. The Morgan fingerprint density at radius 2 is 2.04 bits per heavy atom. The van der Waals surface area contributed by atoms with Crippen LogP contribution in [-0.2, 0) is 4.74 Å². The number of hydrogen-bond donors (Lipinski definition) is 1. The largest absolute Gasteiger partial charge is 0.493 e. The van der Waals surface area contributed by atoms with E-state index >= 15 is 0 Å². The summed E-state index contributed by atoms with van der Waals surface area (Å²) in [6.07, 6.45) is 0. The van der Waals surface area contributed by atoms with Crippen molar-refractivity contribution in [2.24, 2.45) is 0 Å². The summed E-state index contributed by atoms with van der Waals surface area (Å²) in [4.78, 5) is 12.8. The summed E-state index contributed by atoms with van der Waals surface area (Å²) in [7, 11) is 3.22. The smallest absolute Gasteiger partial charge is 0.261 e. The van der Waals surface area contributed by atoms with Gasteiger partial charge in [-0.1, -0.05) is 12.1 Å². The monoisotopic (exact) mass is 335 g/mol. The van der Waals surface area contributed by atoms with Crippen LogP contribution in [0.1, 0.15) is 28.2 Å². The lowest BCUT2D eigenvalue weighted by Gasteiger charge is -2.17. The molecule has 23 heavy (non-hydrogen) atoms. The number of thiophene rings is 1. The van der Waals surface area contributed by atoms with Gasteiger partial charge in [-0.05, 0) is 36.1 Å². The molecule has 124 valence electrons. The van der Waals surface area contributed by atoms with Crippen LogP contribution in [0, 0.1) is 0 Å². The number of ether oxygens (including phenoxy) is 3.